The van der Waals surface area contributed by atoms with Crippen molar-refractivity contribution in [3.05, 3.63) is 0 Å². The Balaban J connectivity index is 2.50. The molecule has 20 heavy (non-hydrogen) atoms. The van der Waals surface area contributed by atoms with Gasteiger partial charge in [0.05, 0.1) is 0 Å². The zero-order chi connectivity index (χ0) is 15.4. The van der Waals surface area contributed by atoms with E-state index in [2.05, 4.69) is 4.74 Å². The zero-order valence-electron chi connectivity index (χ0n) is 11.9. The van der Waals surface area contributed by atoms with Gasteiger partial charge in [0.15, 0.2) is 0 Å². The third-order valence-electron chi connectivity index (χ3n) is 2.93. The first-order valence-electron chi connectivity index (χ1n) is 5.94. The summed E-state index contributed by atoms with van der Waals surface area (Å²) < 4.78 is 26.1. The molecule has 2 aliphatic heterocycles. The molecule has 114 valence electrons. The molecule has 0 N–H and O–H groups in total. The van der Waals surface area contributed by atoms with E-state index in [1.807, 2.05) is 0 Å². The van der Waals surface area contributed by atoms with E-state index in [-0.39, 0.29) is 0 Å². The minimum atomic E-state index is -4.66. The summed E-state index contributed by atoms with van der Waals surface area (Å²) >= 11 is 0. The molecule has 0 saturated carbocycles. The molecule has 2 aliphatic rings. The fourth-order valence-corrected chi connectivity index (χ4v) is 6.04. The maximum absolute atomic E-state index is 11.9. The van der Waals surface area contributed by atoms with Crippen LogP contribution in [-0.2, 0) is 37.2 Å². The molecule has 2 heterocycles. The summed E-state index contributed by atoms with van der Waals surface area (Å²) in [7, 11) is -3.51. The molecule has 0 radical (unpaired) electrons. The topological polar surface area (TPSA) is 97.4 Å². The van der Waals surface area contributed by atoms with Gasteiger partial charge in [-0.15, -0.1) is 0 Å². The Morgan fingerprint density at radius 2 is 1.45 bits per heavy atom. The summed E-state index contributed by atoms with van der Waals surface area (Å²) in [6.45, 7) is 5.76. The van der Waals surface area contributed by atoms with Gasteiger partial charge in [-0.2, -0.15) is 0 Å². The molecular weight excluding hydrogens is 291 g/mol. The second kappa shape index (κ2) is 3.90. The van der Waals surface area contributed by atoms with Crippen LogP contribution in [0.4, 0.5) is 0 Å². The van der Waals surface area contributed by atoms with Gasteiger partial charge in [-0.05, 0) is 0 Å². The van der Waals surface area contributed by atoms with Crippen LogP contribution in [0.1, 0.15) is 27.7 Å². The molecule has 0 aliphatic carbocycles. The van der Waals surface area contributed by atoms with Gasteiger partial charge < -0.3 is 0 Å². The number of carbonyl (C=O) groups is 3. The Kier molecular flexibility index (Phi) is 2.96. The van der Waals surface area contributed by atoms with Crippen molar-refractivity contribution >= 4 is 25.4 Å². The van der Waals surface area contributed by atoms with Gasteiger partial charge in [-0.25, -0.2) is 0 Å². The molecular formula is C11H17O8P. The predicted octanol–water partition coefficient (Wildman–Crippen LogP) is 1.08. The fraction of sp³-hybridized carbons (Fsp3) is 0.727. The number of methoxy groups -OCH3 is 1. The quantitative estimate of drug-likeness (QED) is 0.552. The number of carbonyl (C=O) groups excluding carboxylic acids is 3. The van der Waals surface area contributed by atoms with Crippen molar-refractivity contribution in [2.75, 3.05) is 13.3 Å². The summed E-state index contributed by atoms with van der Waals surface area (Å²) in [6.07, 6.45) is -0.591. The van der Waals surface area contributed by atoms with Gasteiger partial charge in [0, 0.05) is 0 Å². The van der Waals surface area contributed by atoms with Crippen molar-refractivity contribution in [2.45, 2.75) is 38.9 Å². The van der Waals surface area contributed by atoms with Crippen LogP contribution in [0.25, 0.3) is 0 Å². The van der Waals surface area contributed by atoms with E-state index in [0.717, 1.165) is 7.11 Å². The first-order valence-corrected chi connectivity index (χ1v) is 8.03. The van der Waals surface area contributed by atoms with Crippen LogP contribution in [0.3, 0.4) is 0 Å². The Morgan fingerprint density at radius 1 is 1.05 bits per heavy atom. The van der Waals surface area contributed by atoms with Gasteiger partial charge in [-0.3, -0.25) is 0 Å². The zero-order valence-corrected chi connectivity index (χ0v) is 12.8. The van der Waals surface area contributed by atoms with Crippen LogP contribution >= 0.6 is 7.51 Å². The number of esters is 1. The minimum absolute atomic E-state index is 0.591. The Bertz CT molecular complexity index is 473. The molecule has 0 bridgehead atoms. The average molecular weight is 308 g/mol. The van der Waals surface area contributed by atoms with Crippen LogP contribution in [0.2, 0.25) is 0 Å². The van der Waals surface area contributed by atoms with E-state index in [0.29, 0.717) is 0 Å². The Morgan fingerprint density at radius 3 is 1.70 bits per heavy atom. The molecule has 0 unspecified atom stereocenters. The molecule has 2 rings (SSSR count). The van der Waals surface area contributed by atoms with Crippen LogP contribution in [0.15, 0.2) is 0 Å². The van der Waals surface area contributed by atoms with Crippen molar-refractivity contribution < 1.29 is 37.2 Å². The summed E-state index contributed by atoms with van der Waals surface area (Å²) in [5, 5.41) is 0. The first kappa shape index (κ1) is 15.2. The van der Waals surface area contributed by atoms with Crippen molar-refractivity contribution in [3.8, 4) is 0 Å². The normalized spacial score (nSPS) is 30.1. The van der Waals surface area contributed by atoms with Crippen LogP contribution < -0.4 is 0 Å². The molecule has 2 saturated heterocycles. The number of hydrogen-bond donors (Lipinski definition) is 0. The number of hydrogen-bond acceptors (Lipinski definition) is 8. The fourth-order valence-electron chi connectivity index (χ4n) is 2.01. The number of ether oxygens (including phenoxy) is 1. The van der Waals surface area contributed by atoms with E-state index < -0.39 is 42.8 Å². The van der Waals surface area contributed by atoms with Crippen molar-refractivity contribution in [1.82, 2.24) is 0 Å². The second-order valence-electron chi connectivity index (χ2n) is 5.66. The third kappa shape index (κ3) is 2.08. The van der Waals surface area contributed by atoms with E-state index in [1.165, 1.54) is 27.7 Å². The molecule has 1 spiro atoms. The average Bonchev–Trinajstić information content (AvgIpc) is 2.55. The van der Waals surface area contributed by atoms with Crippen LogP contribution in [-0.4, -0.2) is 42.4 Å². The maximum atomic E-state index is 11.9. The second-order valence-corrected chi connectivity index (χ2v) is 8.63. The van der Waals surface area contributed by atoms with Crippen LogP contribution in [0, 0.1) is 0 Å². The molecule has 2 fully saturated rings. The monoisotopic (exact) mass is 308 g/mol. The Hall–Kier alpha value is -1.24. The van der Waals surface area contributed by atoms with Crippen molar-refractivity contribution in [2.24, 2.45) is 0 Å². The number of rotatable bonds is 2. The first-order chi connectivity index (χ1) is 8.94. The van der Waals surface area contributed by atoms with Gasteiger partial charge in [-0.1, -0.05) is 0 Å². The molecule has 0 aromatic rings. The summed E-state index contributed by atoms with van der Waals surface area (Å²) in [5.41, 5.74) is -2.76. The van der Waals surface area contributed by atoms with Gasteiger partial charge in [0.2, 0.25) is 0 Å². The summed E-state index contributed by atoms with van der Waals surface area (Å²) in [5.74, 6) is -2.28. The molecule has 9 heteroatoms. The van der Waals surface area contributed by atoms with Gasteiger partial charge in [0.25, 0.3) is 0 Å². The van der Waals surface area contributed by atoms with E-state index in [9.17, 15) is 14.4 Å². The van der Waals surface area contributed by atoms with Gasteiger partial charge >= 0.3 is 115 Å². The molecule has 8 nitrogen and oxygen atoms in total. The van der Waals surface area contributed by atoms with Crippen molar-refractivity contribution in [3.63, 3.8) is 0 Å². The standard InChI is InChI=1S/C11H17O8P/c1-10(2)8(13)16-20(18-10,6-7(12)15-5)17-9(14)11(3,4)19-20/h6H2,1-5H3. The predicted molar refractivity (Wildman–Crippen MR) is 66.3 cm³/mol. The molecule has 0 aromatic carbocycles. The molecule has 0 aromatic heterocycles. The summed E-state index contributed by atoms with van der Waals surface area (Å²) in [4.78, 5) is 35.5. The molecule has 0 amide bonds. The summed E-state index contributed by atoms with van der Waals surface area (Å²) in [6, 6.07) is 0. The van der Waals surface area contributed by atoms with Crippen LogP contribution in [0.5, 0.6) is 0 Å². The van der Waals surface area contributed by atoms with Crippen molar-refractivity contribution in [1.29, 1.82) is 0 Å². The molecule has 0 atom stereocenters. The van der Waals surface area contributed by atoms with Gasteiger partial charge in [0.1, 0.15) is 0 Å². The van der Waals surface area contributed by atoms with E-state index >= 15 is 0 Å². The van der Waals surface area contributed by atoms with E-state index in [4.69, 9.17) is 18.1 Å². The third-order valence-corrected chi connectivity index (χ3v) is 6.36. The van der Waals surface area contributed by atoms with E-state index in [1.54, 1.807) is 0 Å². The SMILES string of the molecule is COC(=O)CP12(OC(=O)C(C)(C)O1)OC(=O)C(C)(C)O2. The Labute approximate surface area is 115 Å².